The van der Waals surface area contributed by atoms with Gasteiger partial charge in [-0.15, -0.1) is 0 Å². The average molecular weight is 397 g/mol. The van der Waals surface area contributed by atoms with Gasteiger partial charge in [0, 0.05) is 24.7 Å². The number of carbonyl (C=O) groups excluding carboxylic acids is 1. The minimum Gasteiger partial charge on any atom is -0.349 e. The van der Waals surface area contributed by atoms with E-state index in [4.69, 9.17) is 0 Å². The van der Waals surface area contributed by atoms with Crippen LogP contribution < -0.4 is 5.32 Å². The molecule has 2 atom stereocenters. The molecule has 2 aromatic heterocycles. The standard InChI is InChI=1S/C18H19F4N5O/c1-2-27-9-12(19)5-15(27)17(28)24-8-13-6-14(26-10-25-13)11-3-4-16(23-7-11)18(20,21)22/h3-4,6-7,10,12,15H,2,5,8-9H2,1H3,(H,24,28)/t12-,15+/m1/s1. The number of hydrogen-bond acceptors (Lipinski definition) is 5. The van der Waals surface area contributed by atoms with Crippen molar-refractivity contribution in [3.05, 3.63) is 42.1 Å². The lowest BCUT2D eigenvalue weighted by molar-refractivity contribution is -0.141. The fraction of sp³-hybridized carbons (Fsp3) is 0.444. The molecule has 1 amide bonds. The molecule has 150 valence electrons. The molecular formula is C18H19F4N5O. The Morgan fingerprint density at radius 2 is 2.07 bits per heavy atom. The molecule has 0 radical (unpaired) electrons. The maximum atomic E-state index is 13.6. The molecule has 3 heterocycles. The van der Waals surface area contributed by atoms with Gasteiger partial charge in [0.2, 0.25) is 5.91 Å². The Balaban J connectivity index is 1.66. The van der Waals surface area contributed by atoms with E-state index in [1.807, 2.05) is 6.92 Å². The second-order valence-electron chi connectivity index (χ2n) is 6.48. The van der Waals surface area contributed by atoms with E-state index in [0.717, 1.165) is 12.3 Å². The zero-order valence-corrected chi connectivity index (χ0v) is 15.1. The monoisotopic (exact) mass is 397 g/mol. The number of likely N-dealkylation sites (N-methyl/N-ethyl adjacent to an activating group) is 1. The summed E-state index contributed by atoms with van der Waals surface area (Å²) in [7, 11) is 0. The first-order valence-electron chi connectivity index (χ1n) is 8.78. The van der Waals surface area contributed by atoms with Crippen LogP contribution in [0.2, 0.25) is 0 Å². The maximum absolute atomic E-state index is 13.6. The number of alkyl halides is 4. The molecule has 0 saturated carbocycles. The number of aromatic nitrogens is 3. The summed E-state index contributed by atoms with van der Waals surface area (Å²) in [6, 6.07) is 3.21. The van der Waals surface area contributed by atoms with Crippen molar-refractivity contribution in [2.24, 2.45) is 0 Å². The molecule has 1 aliphatic rings. The van der Waals surface area contributed by atoms with Crippen molar-refractivity contribution in [3.63, 3.8) is 0 Å². The summed E-state index contributed by atoms with van der Waals surface area (Å²) in [4.78, 5) is 25.6. The van der Waals surface area contributed by atoms with Crippen LogP contribution in [0.15, 0.2) is 30.7 Å². The number of carbonyl (C=O) groups is 1. The molecule has 1 aliphatic heterocycles. The second-order valence-corrected chi connectivity index (χ2v) is 6.48. The van der Waals surface area contributed by atoms with E-state index in [-0.39, 0.29) is 25.4 Å². The summed E-state index contributed by atoms with van der Waals surface area (Å²) >= 11 is 0. The smallest absolute Gasteiger partial charge is 0.349 e. The molecule has 6 nitrogen and oxygen atoms in total. The normalized spacial score (nSPS) is 20.3. The predicted octanol–water partition coefficient (Wildman–Crippen LogP) is 2.61. The number of amides is 1. The topological polar surface area (TPSA) is 71.0 Å². The first kappa shape index (κ1) is 20.1. The van der Waals surface area contributed by atoms with Crippen LogP contribution in [0, 0.1) is 0 Å². The zero-order valence-electron chi connectivity index (χ0n) is 15.1. The van der Waals surface area contributed by atoms with Gasteiger partial charge in [-0.25, -0.2) is 14.4 Å². The Morgan fingerprint density at radius 3 is 2.71 bits per heavy atom. The Kier molecular flexibility index (Phi) is 5.87. The number of likely N-dealkylation sites (tertiary alicyclic amines) is 1. The van der Waals surface area contributed by atoms with Crippen LogP contribution in [0.1, 0.15) is 24.7 Å². The van der Waals surface area contributed by atoms with Gasteiger partial charge in [-0.2, -0.15) is 13.2 Å². The van der Waals surface area contributed by atoms with Crippen molar-refractivity contribution in [3.8, 4) is 11.3 Å². The Hall–Kier alpha value is -2.62. The lowest BCUT2D eigenvalue weighted by Gasteiger charge is -2.21. The van der Waals surface area contributed by atoms with Crippen molar-refractivity contribution in [2.75, 3.05) is 13.1 Å². The number of rotatable bonds is 5. The van der Waals surface area contributed by atoms with E-state index in [9.17, 15) is 22.4 Å². The van der Waals surface area contributed by atoms with Gasteiger partial charge in [-0.1, -0.05) is 6.92 Å². The lowest BCUT2D eigenvalue weighted by Crippen LogP contribution is -2.42. The number of hydrogen-bond donors (Lipinski definition) is 1. The molecule has 1 fully saturated rings. The van der Waals surface area contributed by atoms with Gasteiger partial charge in [-0.05, 0) is 24.7 Å². The van der Waals surface area contributed by atoms with Crippen molar-refractivity contribution in [2.45, 2.75) is 38.3 Å². The van der Waals surface area contributed by atoms with Gasteiger partial charge in [0.05, 0.1) is 24.0 Å². The number of nitrogens with one attached hydrogen (secondary N) is 1. The maximum Gasteiger partial charge on any atom is 0.433 e. The Bertz CT molecular complexity index is 827. The third kappa shape index (κ3) is 4.61. The van der Waals surface area contributed by atoms with Crippen LogP contribution >= 0.6 is 0 Å². The van der Waals surface area contributed by atoms with Crippen molar-refractivity contribution in [1.82, 2.24) is 25.2 Å². The third-order valence-electron chi connectivity index (χ3n) is 4.58. The van der Waals surface area contributed by atoms with Crippen LogP contribution in [0.3, 0.4) is 0 Å². The van der Waals surface area contributed by atoms with Crippen molar-refractivity contribution in [1.29, 1.82) is 0 Å². The van der Waals surface area contributed by atoms with E-state index in [2.05, 4.69) is 20.3 Å². The van der Waals surface area contributed by atoms with E-state index in [1.54, 1.807) is 11.0 Å². The number of nitrogens with zero attached hydrogens (tertiary/aromatic N) is 4. The van der Waals surface area contributed by atoms with Gasteiger partial charge in [0.1, 0.15) is 18.2 Å². The van der Waals surface area contributed by atoms with E-state index >= 15 is 0 Å². The fourth-order valence-corrected chi connectivity index (χ4v) is 3.13. The second kappa shape index (κ2) is 8.17. The molecule has 1 N–H and O–H groups in total. The van der Waals surface area contributed by atoms with E-state index < -0.39 is 24.1 Å². The fourth-order valence-electron chi connectivity index (χ4n) is 3.13. The molecular weight excluding hydrogens is 378 g/mol. The molecule has 0 spiro atoms. The SMILES string of the molecule is CCN1C[C@H](F)C[C@H]1C(=O)NCc1cc(-c2ccc(C(F)(F)F)nc2)ncn1. The summed E-state index contributed by atoms with van der Waals surface area (Å²) in [5, 5.41) is 2.73. The van der Waals surface area contributed by atoms with Crippen LogP contribution in [-0.2, 0) is 17.5 Å². The molecule has 28 heavy (non-hydrogen) atoms. The van der Waals surface area contributed by atoms with Crippen LogP contribution in [0.4, 0.5) is 17.6 Å². The summed E-state index contributed by atoms with van der Waals surface area (Å²) in [6.07, 6.45) is -3.02. The molecule has 3 rings (SSSR count). The Morgan fingerprint density at radius 1 is 1.29 bits per heavy atom. The highest BCUT2D eigenvalue weighted by Crippen LogP contribution is 2.28. The summed E-state index contributed by atoms with van der Waals surface area (Å²) < 4.78 is 51.4. The molecule has 0 unspecified atom stereocenters. The molecule has 10 heteroatoms. The summed E-state index contributed by atoms with van der Waals surface area (Å²) in [6.45, 7) is 2.80. The highest BCUT2D eigenvalue weighted by Gasteiger charge is 2.35. The molecule has 2 aromatic rings. The molecule has 0 aromatic carbocycles. The zero-order chi connectivity index (χ0) is 20.3. The van der Waals surface area contributed by atoms with Crippen LogP contribution in [0.25, 0.3) is 11.3 Å². The molecule has 0 aliphatic carbocycles. The highest BCUT2D eigenvalue weighted by molar-refractivity contribution is 5.82. The van der Waals surface area contributed by atoms with Gasteiger partial charge in [-0.3, -0.25) is 14.7 Å². The first-order chi connectivity index (χ1) is 13.3. The highest BCUT2D eigenvalue weighted by atomic mass is 19.4. The number of pyridine rings is 1. The van der Waals surface area contributed by atoms with Crippen LogP contribution in [0.5, 0.6) is 0 Å². The third-order valence-corrected chi connectivity index (χ3v) is 4.58. The summed E-state index contributed by atoms with van der Waals surface area (Å²) in [5.74, 6) is -0.279. The van der Waals surface area contributed by atoms with Crippen LogP contribution in [-0.4, -0.2) is 51.1 Å². The largest absolute Gasteiger partial charge is 0.433 e. The van der Waals surface area contributed by atoms with Crippen molar-refractivity contribution < 1.29 is 22.4 Å². The predicted molar refractivity (Wildman–Crippen MR) is 92.7 cm³/mol. The quantitative estimate of drug-likeness (QED) is 0.786. The van der Waals surface area contributed by atoms with Gasteiger partial charge < -0.3 is 5.32 Å². The van der Waals surface area contributed by atoms with Crippen molar-refractivity contribution >= 4 is 5.91 Å². The van der Waals surface area contributed by atoms with E-state index in [0.29, 0.717) is 23.5 Å². The summed E-state index contributed by atoms with van der Waals surface area (Å²) in [5.41, 5.74) is 0.286. The number of halogens is 4. The average Bonchev–Trinajstić information content (AvgIpc) is 3.07. The van der Waals surface area contributed by atoms with E-state index in [1.165, 1.54) is 12.4 Å². The first-order valence-corrected chi connectivity index (χ1v) is 8.78. The minimum atomic E-state index is -4.51. The lowest BCUT2D eigenvalue weighted by atomic mass is 10.1. The Labute approximate surface area is 159 Å². The van der Waals surface area contributed by atoms with Gasteiger partial charge in [0.15, 0.2) is 0 Å². The van der Waals surface area contributed by atoms with Gasteiger partial charge in [0.25, 0.3) is 0 Å². The minimum absolute atomic E-state index is 0.105. The molecule has 0 bridgehead atoms. The molecule has 1 saturated heterocycles. The van der Waals surface area contributed by atoms with Gasteiger partial charge >= 0.3 is 6.18 Å².